The largest absolute Gasteiger partial charge is 0.356 e. The van der Waals surface area contributed by atoms with E-state index in [1.165, 1.54) is 24.4 Å². The highest BCUT2D eigenvalue weighted by molar-refractivity contribution is 6.37. The number of ketones is 1. The lowest BCUT2D eigenvalue weighted by Gasteiger charge is -2.22. The van der Waals surface area contributed by atoms with Crippen molar-refractivity contribution < 1.29 is 14.0 Å². The van der Waals surface area contributed by atoms with Crippen molar-refractivity contribution in [3.05, 3.63) is 69.5 Å². The average Bonchev–Trinajstić information content (AvgIpc) is 3.42. The second-order valence-corrected chi connectivity index (χ2v) is 8.26. The molecule has 2 aromatic heterocycles. The number of piperidine rings is 1. The van der Waals surface area contributed by atoms with Gasteiger partial charge in [0.15, 0.2) is 11.6 Å². The minimum Gasteiger partial charge on any atom is -0.356 e. The topological polar surface area (TPSA) is 91.8 Å². The molecular weight excluding hydrogens is 444 g/mol. The minimum atomic E-state index is -0.896. The Morgan fingerprint density at radius 2 is 1.97 bits per heavy atom. The maximum atomic E-state index is 14.3. The number of benzene rings is 1. The summed E-state index contributed by atoms with van der Waals surface area (Å²) in [6.45, 7) is 2.81. The molecule has 10 heteroatoms. The molecule has 3 heterocycles. The molecule has 1 aliphatic heterocycles. The van der Waals surface area contributed by atoms with Crippen molar-refractivity contribution in [2.45, 2.75) is 19.4 Å². The second kappa shape index (κ2) is 9.21. The van der Waals surface area contributed by atoms with Crippen LogP contribution in [0.4, 0.5) is 10.1 Å². The number of aromatic amines is 1. The van der Waals surface area contributed by atoms with Crippen molar-refractivity contribution in [1.82, 2.24) is 20.1 Å². The molecule has 0 radical (unpaired) electrons. The van der Waals surface area contributed by atoms with E-state index in [0.717, 1.165) is 32.5 Å². The number of rotatable bonds is 6. The summed E-state index contributed by atoms with van der Waals surface area (Å²) in [7, 11) is 0. The van der Waals surface area contributed by atoms with Crippen molar-refractivity contribution in [2.24, 2.45) is 5.92 Å². The predicted molar refractivity (Wildman–Crippen MR) is 116 cm³/mol. The average molecular weight is 464 g/mol. The molecule has 1 saturated heterocycles. The van der Waals surface area contributed by atoms with E-state index in [0.29, 0.717) is 11.6 Å². The van der Waals surface area contributed by atoms with Crippen LogP contribution < -0.4 is 10.6 Å². The molecule has 0 bridgehead atoms. The van der Waals surface area contributed by atoms with Gasteiger partial charge in [0.2, 0.25) is 0 Å². The molecule has 0 unspecified atom stereocenters. The Kier molecular flexibility index (Phi) is 6.41. The Morgan fingerprint density at radius 3 is 2.74 bits per heavy atom. The molecule has 0 saturated carbocycles. The molecule has 0 spiro atoms. The van der Waals surface area contributed by atoms with Crippen LogP contribution in [0.5, 0.6) is 0 Å². The zero-order valence-electron chi connectivity index (χ0n) is 16.4. The van der Waals surface area contributed by atoms with E-state index in [1.807, 2.05) is 4.68 Å². The fourth-order valence-electron chi connectivity index (χ4n) is 3.59. The molecular formula is C21H20Cl2FN5O2. The Hall–Kier alpha value is -2.68. The van der Waals surface area contributed by atoms with E-state index in [4.69, 9.17) is 23.2 Å². The van der Waals surface area contributed by atoms with Crippen LogP contribution in [0, 0.1) is 11.7 Å². The van der Waals surface area contributed by atoms with Crippen molar-refractivity contribution in [1.29, 1.82) is 0 Å². The number of aromatic nitrogens is 3. The van der Waals surface area contributed by atoms with Gasteiger partial charge in [-0.25, -0.2) is 4.39 Å². The first-order valence-electron chi connectivity index (χ1n) is 9.83. The Morgan fingerprint density at radius 1 is 1.23 bits per heavy atom. The van der Waals surface area contributed by atoms with Gasteiger partial charge >= 0.3 is 0 Å². The quantitative estimate of drug-likeness (QED) is 0.378. The molecule has 162 valence electrons. The van der Waals surface area contributed by atoms with Gasteiger partial charge < -0.3 is 15.6 Å². The number of nitrogens with one attached hydrogen (secondary N) is 3. The van der Waals surface area contributed by atoms with Crippen LogP contribution in [0.2, 0.25) is 10.0 Å². The first-order valence-corrected chi connectivity index (χ1v) is 10.6. The molecule has 4 rings (SSSR count). The van der Waals surface area contributed by atoms with Crippen molar-refractivity contribution in [2.75, 3.05) is 18.4 Å². The number of nitrogens with zero attached hydrogens (tertiary/aromatic N) is 2. The third-order valence-electron chi connectivity index (χ3n) is 5.26. The van der Waals surface area contributed by atoms with Gasteiger partial charge in [0, 0.05) is 24.5 Å². The number of halogens is 3. The zero-order chi connectivity index (χ0) is 22.0. The summed E-state index contributed by atoms with van der Waals surface area (Å²) in [6, 6.07) is 3.97. The number of amides is 1. The molecule has 1 aliphatic rings. The molecule has 1 amide bonds. The number of hydrogen-bond acceptors (Lipinski definition) is 4. The molecule has 1 fully saturated rings. The van der Waals surface area contributed by atoms with E-state index >= 15 is 0 Å². The summed E-state index contributed by atoms with van der Waals surface area (Å²) in [5.41, 5.74) is 0.451. The molecule has 7 nitrogen and oxygen atoms in total. The lowest BCUT2D eigenvalue weighted by atomic mass is 9.98. The first-order chi connectivity index (χ1) is 14.9. The van der Waals surface area contributed by atoms with Crippen LogP contribution in [-0.2, 0) is 6.54 Å². The summed E-state index contributed by atoms with van der Waals surface area (Å²) < 4.78 is 16.1. The highest BCUT2D eigenvalue weighted by atomic mass is 35.5. The zero-order valence-corrected chi connectivity index (χ0v) is 17.9. The summed E-state index contributed by atoms with van der Waals surface area (Å²) >= 11 is 11.7. The first kappa shape index (κ1) is 21.5. The lowest BCUT2D eigenvalue weighted by Crippen LogP contribution is -2.29. The van der Waals surface area contributed by atoms with Gasteiger partial charge in [-0.05, 0) is 50.0 Å². The van der Waals surface area contributed by atoms with Gasteiger partial charge in [-0.15, -0.1) is 0 Å². The predicted octanol–water partition coefficient (Wildman–Crippen LogP) is 4.14. The van der Waals surface area contributed by atoms with Crippen molar-refractivity contribution >= 4 is 40.6 Å². The van der Waals surface area contributed by atoms with E-state index < -0.39 is 17.5 Å². The van der Waals surface area contributed by atoms with Crippen molar-refractivity contribution in [3.8, 4) is 0 Å². The monoisotopic (exact) mass is 463 g/mol. The second-order valence-electron chi connectivity index (χ2n) is 7.45. The third kappa shape index (κ3) is 4.81. The van der Waals surface area contributed by atoms with Crippen LogP contribution in [0.1, 0.15) is 39.3 Å². The highest BCUT2D eigenvalue weighted by Gasteiger charge is 2.22. The smallest absolute Gasteiger partial charge is 0.272 e. The van der Waals surface area contributed by atoms with Crippen molar-refractivity contribution in [3.63, 3.8) is 0 Å². The maximum absolute atomic E-state index is 14.3. The molecule has 1 aromatic carbocycles. The summed E-state index contributed by atoms with van der Waals surface area (Å²) in [4.78, 5) is 28.0. The minimum absolute atomic E-state index is 0.0553. The molecule has 3 aromatic rings. The molecule has 3 N–H and O–H groups in total. The summed E-state index contributed by atoms with van der Waals surface area (Å²) in [5, 5.41) is 10.1. The van der Waals surface area contributed by atoms with Crippen LogP contribution in [-0.4, -0.2) is 39.5 Å². The Bertz CT molecular complexity index is 1120. The van der Waals surface area contributed by atoms with Crippen LogP contribution in [0.3, 0.4) is 0 Å². The van der Waals surface area contributed by atoms with E-state index in [2.05, 4.69) is 20.7 Å². The van der Waals surface area contributed by atoms with Gasteiger partial charge in [0.05, 0.1) is 27.5 Å². The molecule has 0 atom stereocenters. The standard InChI is InChI=1S/C21H20Cl2FN5O2/c22-15-1-2-16(23)19(24)18(15)20(30)13-7-17(26-8-13)21(31)28-14-9-27-29(11-14)10-12-3-5-25-6-4-12/h1-2,7-9,11-12,25-26H,3-6,10H2,(H,28,31). The molecule has 0 aliphatic carbocycles. The number of anilines is 1. The highest BCUT2D eigenvalue weighted by Crippen LogP contribution is 2.28. The summed E-state index contributed by atoms with van der Waals surface area (Å²) in [5.74, 6) is -1.46. The van der Waals surface area contributed by atoms with E-state index in [1.54, 1.807) is 12.4 Å². The van der Waals surface area contributed by atoms with Gasteiger partial charge in [0.1, 0.15) is 5.69 Å². The van der Waals surface area contributed by atoms with Gasteiger partial charge in [-0.1, -0.05) is 23.2 Å². The third-order valence-corrected chi connectivity index (χ3v) is 5.86. The Balaban J connectivity index is 1.43. The number of carbonyl (C=O) groups is 2. The van der Waals surface area contributed by atoms with E-state index in [-0.39, 0.29) is 26.9 Å². The van der Waals surface area contributed by atoms with Crippen LogP contribution in [0.25, 0.3) is 0 Å². The maximum Gasteiger partial charge on any atom is 0.272 e. The van der Waals surface area contributed by atoms with E-state index in [9.17, 15) is 14.0 Å². The summed E-state index contributed by atoms with van der Waals surface area (Å²) in [6.07, 6.45) is 6.87. The lowest BCUT2D eigenvalue weighted by molar-refractivity contribution is 0.102. The number of H-pyrrole nitrogens is 1. The van der Waals surface area contributed by atoms with Gasteiger partial charge in [-0.3, -0.25) is 14.3 Å². The fraction of sp³-hybridized carbons (Fsp3) is 0.286. The fourth-order valence-corrected chi connectivity index (χ4v) is 3.98. The SMILES string of the molecule is O=C(Nc1cnn(CC2CCNCC2)c1)c1cc(C(=O)c2c(Cl)ccc(Cl)c2F)c[nH]1. The van der Waals surface area contributed by atoms with Gasteiger partial charge in [-0.2, -0.15) is 5.10 Å². The van der Waals surface area contributed by atoms with Crippen LogP contribution in [0.15, 0.2) is 36.8 Å². The Labute approximate surface area is 187 Å². The van der Waals surface area contributed by atoms with Gasteiger partial charge in [0.25, 0.3) is 5.91 Å². The number of hydrogen-bond donors (Lipinski definition) is 3. The van der Waals surface area contributed by atoms with Crippen LogP contribution >= 0.6 is 23.2 Å². The molecule has 31 heavy (non-hydrogen) atoms. The normalized spacial score (nSPS) is 14.5. The number of carbonyl (C=O) groups excluding carboxylic acids is 2.